The Hall–Kier alpha value is -1.06. The van der Waals surface area contributed by atoms with E-state index in [1.54, 1.807) is 7.11 Å². The Morgan fingerprint density at radius 1 is 1.15 bits per heavy atom. The minimum Gasteiger partial charge on any atom is -0.496 e. The standard InChI is InChI=1S/C17H29NO2/c1-5-10-17(20-7-3)15(18-6-2)13-14-11-8-9-12-16(14)19-4/h8-9,11-12,15,17-18H,5-7,10,13H2,1-4H3. The average Bonchev–Trinajstić information content (AvgIpc) is 2.47. The van der Waals surface area contributed by atoms with Gasteiger partial charge in [0.05, 0.1) is 13.2 Å². The summed E-state index contributed by atoms with van der Waals surface area (Å²) in [7, 11) is 1.73. The zero-order valence-corrected chi connectivity index (χ0v) is 13.3. The molecule has 0 saturated carbocycles. The molecule has 0 heterocycles. The Balaban J connectivity index is 2.83. The van der Waals surface area contributed by atoms with Crippen LogP contribution in [-0.2, 0) is 11.2 Å². The van der Waals surface area contributed by atoms with Crippen molar-refractivity contribution < 1.29 is 9.47 Å². The molecule has 0 saturated heterocycles. The Bertz CT molecular complexity index is 362. The van der Waals surface area contributed by atoms with Gasteiger partial charge < -0.3 is 14.8 Å². The minimum atomic E-state index is 0.259. The Labute approximate surface area is 123 Å². The van der Waals surface area contributed by atoms with Crippen molar-refractivity contribution in [2.45, 2.75) is 52.2 Å². The first-order valence-corrected chi connectivity index (χ1v) is 7.73. The zero-order valence-electron chi connectivity index (χ0n) is 13.3. The molecule has 0 spiro atoms. The maximum absolute atomic E-state index is 5.94. The van der Waals surface area contributed by atoms with Gasteiger partial charge in [-0.1, -0.05) is 38.5 Å². The lowest BCUT2D eigenvalue weighted by Gasteiger charge is -2.28. The number of likely N-dealkylation sites (N-methyl/N-ethyl adjacent to an activating group) is 1. The smallest absolute Gasteiger partial charge is 0.122 e. The van der Waals surface area contributed by atoms with Gasteiger partial charge in [0.25, 0.3) is 0 Å². The molecule has 0 aliphatic carbocycles. The fraction of sp³-hybridized carbons (Fsp3) is 0.647. The van der Waals surface area contributed by atoms with Crippen LogP contribution in [0.2, 0.25) is 0 Å². The van der Waals surface area contributed by atoms with Crippen LogP contribution in [0.3, 0.4) is 0 Å². The Morgan fingerprint density at radius 3 is 2.50 bits per heavy atom. The number of rotatable bonds is 10. The van der Waals surface area contributed by atoms with E-state index in [1.165, 1.54) is 5.56 Å². The summed E-state index contributed by atoms with van der Waals surface area (Å²) >= 11 is 0. The highest BCUT2D eigenvalue weighted by Gasteiger charge is 2.21. The van der Waals surface area contributed by atoms with Gasteiger partial charge in [-0.2, -0.15) is 0 Å². The molecule has 0 bridgehead atoms. The third kappa shape index (κ3) is 5.14. The van der Waals surface area contributed by atoms with Crippen LogP contribution in [0.5, 0.6) is 5.75 Å². The van der Waals surface area contributed by atoms with Crippen molar-refractivity contribution in [3.05, 3.63) is 29.8 Å². The molecule has 2 unspecified atom stereocenters. The summed E-state index contributed by atoms with van der Waals surface area (Å²) < 4.78 is 11.4. The molecule has 1 N–H and O–H groups in total. The second kappa shape index (κ2) is 9.78. The first-order valence-electron chi connectivity index (χ1n) is 7.73. The van der Waals surface area contributed by atoms with Crippen LogP contribution in [-0.4, -0.2) is 32.4 Å². The molecule has 2 atom stereocenters. The lowest BCUT2D eigenvalue weighted by Crippen LogP contribution is -2.43. The molecule has 1 rings (SSSR count). The van der Waals surface area contributed by atoms with Crippen LogP contribution in [0.25, 0.3) is 0 Å². The third-order valence-corrected chi connectivity index (χ3v) is 3.50. The SMILES string of the molecule is CCCC(OCC)C(Cc1ccccc1OC)NCC. The molecule has 1 aromatic rings. The van der Waals surface area contributed by atoms with Gasteiger partial charge in [0.1, 0.15) is 5.75 Å². The van der Waals surface area contributed by atoms with Crippen LogP contribution < -0.4 is 10.1 Å². The van der Waals surface area contributed by atoms with Crippen LogP contribution in [0.1, 0.15) is 39.2 Å². The molecule has 114 valence electrons. The van der Waals surface area contributed by atoms with Crippen molar-refractivity contribution in [1.29, 1.82) is 0 Å². The molecule has 0 aliphatic heterocycles. The second-order valence-electron chi connectivity index (χ2n) is 4.96. The van der Waals surface area contributed by atoms with E-state index in [2.05, 4.69) is 38.2 Å². The summed E-state index contributed by atoms with van der Waals surface area (Å²) in [6.07, 6.45) is 3.41. The number of ether oxygens (including phenoxy) is 2. The number of para-hydroxylation sites is 1. The van der Waals surface area contributed by atoms with E-state index < -0.39 is 0 Å². The predicted molar refractivity (Wildman–Crippen MR) is 84.5 cm³/mol. The second-order valence-corrected chi connectivity index (χ2v) is 4.96. The molecule has 0 fully saturated rings. The maximum atomic E-state index is 5.94. The largest absolute Gasteiger partial charge is 0.496 e. The van der Waals surface area contributed by atoms with Crippen LogP contribution >= 0.6 is 0 Å². The third-order valence-electron chi connectivity index (χ3n) is 3.50. The first kappa shape index (κ1) is 17.0. The summed E-state index contributed by atoms with van der Waals surface area (Å²) in [5, 5.41) is 3.57. The van der Waals surface area contributed by atoms with E-state index in [1.807, 2.05) is 12.1 Å². The number of methoxy groups -OCH3 is 1. The monoisotopic (exact) mass is 279 g/mol. The predicted octanol–water partition coefficient (Wildman–Crippen LogP) is 3.42. The van der Waals surface area contributed by atoms with Crippen molar-refractivity contribution in [3.63, 3.8) is 0 Å². The Kier molecular flexibility index (Phi) is 8.31. The zero-order chi connectivity index (χ0) is 14.8. The van der Waals surface area contributed by atoms with Crippen molar-refractivity contribution in [2.24, 2.45) is 0 Å². The lowest BCUT2D eigenvalue weighted by atomic mass is 9.97. The Morgan fingerprint density at radius 2 is 1.90 bits per heavy atom. The summed E-state index contributed by atoms with van der Waals surface area (Å²) in [5.41, 5.74) is 1.24. The highest BCUT2D eigenvalue weighted by atomic mass is 16.5. The van der Waals surface area contributed by atoms with Gasteiger partial charge in [-0.15, -0.1) is 0 Å². The van der Waals surface area contributed by atoms with Gasteiger partial charge in [0.15, 0.2) is 0 Å². The first-order chi connectivity index (χ1) is 9.76. The molecule has 0 radical (unpaired) electrons. The van der Waals surface area contributed by atoms with Gasteiger partial charge in [-0.3, -0.25) is 0 Å². The van der Waals surface area contributed by atoms with E-state index in [0.29, 0.717) is 6.04 Å². The van der Waals surface area contributed by atoms with Gasteiger partial charge in [-0.05, 0) is 37.9 Å². The number of hydrogen-bond acceptors (Lipinski definition) is 3. The van der Waals surface area contributed by atoms with Crippen LogP contribution in [0.4, 0.5) is 0 Å². The lowest BCUT2D eigenvalue weighted by molar-refractivity contribution is 0.0284. The minimum absolute atomic E-state index is 0.259. The fourth-order valence-corrected chi connectivity index (χ4v) is 2.61. The number of benzene rings is 1. The molecular weight excluding hydrogens is 250 g/mol. The molecule has 0 aliphatic rings. The maximum Gasteiger partial charge on any atom is 0.122 e. The summed E-state index contributed by atoms with van der Waals surface area (Å²) in [4.78, 5) is 0. The van der Waals surface area contributed by atoms with Crippen molar-refractivity contribution in [1.82, 2.24) is 5.32 Å². The molecule has 0 amide bonds. The number of hydrogen-bond donors (Lipinski definition) is 1. The van der Waals surface area contributed by atoms with E-state index in [-0.39, 0.29) is 6.10 Å². The highest BCUT2D eigenvalue weighted by Crippen LogP contribution is 2.21. The molecule has 20 heavy (non-hydrogen) atoms. The number of nitrogens with one attached hydrogen (secondary N) is 1. The average molecular weight is 279 g/mol. The van der Waals surface area contributed by atoms with Crippen molar-refractivity contribution in [2.75, 3.05) is 20.3 Å². The van der Waals surface area contributed by atoms with Crippen molar-refractivity contribution >= 4 is 0 Å². The summed E-state index contributed by atoms with van der Waals surface area (Å²) in [6, 6.07) is 8.56. The molecule has 3 heteroatoms. The van der Waals surface area contributed by atoms with E-state index >= 15 is 0 Å². The van der Waals surface area contributed by atoms with E-state index in [0.717, 1.165) is 38.2 Å². The summed E-state index contributed by atoms with van der Waals surface area (Å²) in [5.74, 6) is 0.960. The van der Waals surface area contributed by atoms with Gasteiger partial charge >= 0.3 is 0 Å². The normalized spacial score (nSPS) is 14.0. The van der Waals surface area contributed by atoms with Gasteiger partial charge in [0.2, 0.25) is 0 Å². The van der Waals surface area contributed by atoms with Crippen LogP contribution in [0, 0.1) is 0 Å². The van der Waals surface area contributed by atoms with E-state index in [4.69, 9.17) is 9.47 Å². The molecule has 3 nitrogen and oxygen atoms in total. The van der Waals surface area contributed by atoms with Crippen molar-refractivity contribution in [3.8, 4) is 5.75 Å². The van der Waals surface area contributed by atoms with E-state index in [9.17, 15) is 0 Å². The summed E-state index contributed by atoms with van der Waals surface area (Å²) in [6.45, 7) is 8.13. The fourth-order valence-electron chi connectivity index (χ4n) is 2.61. The highest BCUT2D eigenvalue weighted by molar-refractivity contribution is 5.34. The quantitative estimate of drug-likeness (QED) is 0.712. The van der Waals surface area contributed by atoms with Crippen LogP contribution in [0.15, 0.2) is 24.3 Å². The van der Waals surface area contributed by atoms with Gasteiger partial charge in [-0.25, -0.2) is 0 Å². The van der Waals surface area contributed by atoms with Gasteiger partial charge in [0, 0.05) is 12.6 Å². The molecule has 1 aromatic carbocycles. The topological polar surface area (TPSA) is 30.5 Å². The molecular formula is C17H29NO2. The molecule has 0 aromatic heterocycles.